The molecule has 10 rings (SSSR count). The summed E-state index contributed by atoms with van der Waals surface area (Å²) in [6.45, 7) is 8.47. The lowest BCUT2D eigenvalue weighted by Gasteiger charge is -2.51. The molecule has 2 spiro atoms. The van der Waals surface area contributed by atoms with Gasteiger partial charge in [0.2, 0.25) is 0 Å². The van der Waals surface area contributed by atoms with E-state index in [1.807, 2.05) is 24.5 Å². The van der Waals surface area contributed by atoms with Crippen LogP contribution >= 0.6 is 23.2 Å². The zero-order valence-corrected chi connectivity index (χ0v) is 27.0. The Labute approximate surface area is 276 Å². The number of hydrogen-bond acceptors (Lipinski definition) is 6. The smallest absolute Gasteiger partial charge is 0.253 e. The number of halogens is 2. The quantitative estimate of drug-likeness (QED) is 0.199. The van der Waals surface area contributed by atoms with Crippen molar-refractivity contribution in [1.82, 2.24) is 40.8 Å². The van der Waals surface area contributed by atoms with E-state index in [9.17, 15) is 9.59 Å². The van der Waals surface area contributed by atoms with E-state index in [2.05, 4.69) is 47.7 Å². The van der Waals surface area contributed by atoms with Gasteiger partial charge in [0.05, 0.1) is 33.3 Å². The van der Waals surface area contributed by atoms with Crippen molar-refractivity contribution in [2.75, 3.05) is 45.8 Å². The number of likely N-dealkylation sites (tertiary alicyclic amines) is 1. The van der Waals surface area contributed by atoms with Crippen LogP contribution in [0.1, 0.15) is 61.3 Å². The zero-order valence-electron chi connectivity index (χ0n) is 25.5. The number of fused-ring (bicyclic) bond motifs is 12. The molecule has 0 radical (unpaired) electrons. The fourth-order valence-corrected chi connectivity index (χ4v) is 8.83. The molecule has 4 aromatic rings. The van der Waals surface area contributed by atoms with Gasteiger partial charge in [-0.1, -0.05) is 30.1 Å². The van der Waals surface area contributed by atoms with Crippen LogP contribution < -0.4 is 16.0 Å². The van der Waals surface area contributed by atoms with Crippen LogP contribution in [0, 0.1) is 0 Å². The average molecular weight is 658 g/mol. The van der Waals surface area contributed by atoms with Crippen molar-refractivity contribution in [3.8, 4) is 22.5 Å². The summed E-state index contributed by atoms with van der Waals surface area (Å²) in [5.74, 6) is 0.111. The first-order valence-corrected chi connectivity index (χ1v) is 16.8. The second kappa shape index (κ2) is 10.1. The molecule has 0 unspecified atom stereocenters. The first-order valence-electron chi connectivity index (χ1n) is 16.1. The van der Waals surface area contributed by atoms with E-state index >= 15 is 0 Å². The Kier molecular flexibility index (Phi) is 6.29. The summed E-state index contributed by atoms with van der Waals surface area (Å²) in [6, 6.07) is 3.82. The van der Waals surface area contributed by atoms with Gasteiger partial charge in [0.25, 0.3) is 11.8 Å². The second-order valence-electron chi connectivity index (χ2n) is 13.6. The van der Waals surface area contributed by atoms with E-state index in [-0.39, 0.29) is 22.6 Å². The van der Waals surface area contributed by atoms with Gasteiger partial charge in [0.1, 0.15) is 10.3 Å². The molecule has 2 amide bonds. The van der Waals surface area contributed by atoms with Crippen LogP contribution in [0.4, 0.5) is 0 Å². The van der Waals surface area contributed by atoms with Gasteiger partial charge in [0.15, 0.2) is 0 Å². The number of aromatic nitrogens is 4. The Morgan fingerprint density at radius 1 is 0.739 bits per heavy atom. The third kappa shape index (κ3) is 4.03. The SMILES string of the molecule is CCN1CC2(CNC(=O)c3c2[nH]c2c3CCc3cnc(Cl)cc3-2)C1.O=C1NCC2(CNC2)c2[nH]c3c(c21)CCc1cnc(Cl)cc1-3. The van der Waals surface area contributed by atoms with Crippen molar-refractivity contribution >= 4 is 35.0 Å². The van der Waals surface area contributed by atoms with Gasteiger partial charge in [-0.05, 0) is 66.6 Å². The molecule has 236 valence electrons. The summed E-state index contributed by atoms with van der Waals surface area (Å²) in [5, 5.41) is 10.5. The number of nitrogens with one attached hydrogen (secondary N) is 5. The van der Waals surface area contributed by atoms with Gasteiger partial charge in [0, 0.05) is 74.2 Å². The molecule has 0 aromatic carbocycles. The summed E-state index contributed by atoms with van der Waals surface area (Å²) in [4.78, 5) is 43.0. The van der Waals surface area contributed by atoms with E-state index in [1.54, 1.807) is 0 Å². The Hall–Kier alpha value is -3.70. The minimum atomic E-state index is 0.0254. The van der Waals surface area contributed by atoms with Gasteiger partial charge in [-0.2, -0.15) is 0 Å². The number of carbonyl (C=O) groups excluding carboxylic acids is 2. The normalized spacial score (nSPS) is 20.8. The molecular formula is C34H34Cl2N8O2. The predicted molar refractivity (Wildman–Crippen MR) is 176 cm³/mol. The minimum absolute atomic E-state index is 0.0254. The molecule has 2 saturated heterocycles. The van der Waals surface area contributed by atoms with Gasteiger partial charge in [-0.3, -0.25) is 9.59 Å². The van der Waals surface area contributed by atoms with Crippen LogP contribution in [-0.2, 0) is 36.5 Å². The van der Waals surface area contributed by atoms with Crippen LogP contribution in [0.2, 0.25) is 10.3 Å². The molecule has 5 N–H and O–H groups in total. The maximum atomic E-state index is 12.6. The van der Waals surface area contributed by atoms with E-state index in [4.69, 9.17) is 23.2 Å². The van der Waals surface area contributed by atoms with Crippen LogP contribution in [0.25, 0.3) is 22.5 Å². The molecule has 6 aliphatic rings. The maximum Gasteiger partial charge on any atom is 0.253 e. The highest BCUT2D eigenvalue weighted by atomic mass is 35.5. The number of aryl methyl sites for hydroxylation is 2. The summed E-state index contributed by atoms with van der Waals surface area (Å²) < 4.78 is 0. The Balaban J connectivity index is 0.000000127. The highest BCUT2D eigenvalue weighted by Gasteiger charge is 2.51. The molecule has 10 nitrogen and oxygen atoms in total. The Morgan fingerprint density at radius 3 is 1.72 bits per heavy atom. The number of aromatic amines is 2. The molecule has 2 fully saturated rings. The van der Waals surface area contributed by atoms with E-state index in [0.717, 1.165) is 121 Å². The molecule has 0 bridgehead atoms. The third-order valence-corrected chi connectivity index (χ3v) is 11.5. The van der Waals surface area contributed by atoms with Gasteiger partial charge in [-0.15, -0.1) is 0 Å². The highest BCUT2D eigenvalue weighted by molar-refractivity contribution is 6.30. The van der Waals surface area contributed by atoms with Crippen molar-refractivity contribution in [2.45, 2.75) is 43.4 Å². The number of carbonyl (C=O) groups is 2. The van der Waals surface area contributed by atoms with E-state index in [0.29, 0.717) is 16.9 Å². The summed E-state index contributed by atoms with van der Waals surface area (Å²) in [7, 11) is 0. The van der Waals surface area contributed by atoms with Crippen molar-refractivity contribution < 1.29 is 9.59 Å². The van der Waals surface area contributed by atoms with Gasteiger partial charge >= 0.3 is 0 Å². The van der Waals surface area contributed by atoms with Crippen LogP contribution in [0.15, 0.2) is 24.5 Å². The Bertz CT molecular complexity index is 1970. The molecule has 8 heterocycles. The first-order chi connectivity index (χ1) is 22.3. The van der Waals surface area contributed by atoms with Crippen LogP contribution in [0.5, 0.6) is 0 Å². The molecule has 12 heteroatoms. The summed E-state index contributed by atoms with van der Waals surface area (Å²) >= 11 is 12.2. The second-order valence-corrected chi connectivity index (χ2v) is 14.4. The average Bonchev–Trinajstić information content (AvgIpc) is 3.62. The maximum absolute atomic E-state index is 12.6. The molecule has 0 saturated carbocycles. The summed E-state index contributed by atoms with van der Waals surface area (Å²) in [5.41, 5.74) is 13.0. The standard InChI is InChI=1S/C18H19ClN4O.C16H15ClN4O/c1-2-23-8-18(9-23)7-21-17(24)14-11-4-3-10-6-20-13(19)5-12(10)15(11)22-16(14)18;17-11-3-10-8(4-19-11)1-2-9-12-14(21-13(9)10)16(5-18-6-16)7-20-15(12)22/h5-6,22H,2-4,7-9H2,1H3,(H,21,24);3-4,18,21H,1-2,5-7H2,(H,20,22). The zero-order chi connectivity index (χ0) is 31.4. The van der Waals surface area contributed by atoms with Crippen LogP contribution in [0.3, 0.4) is 0 Å². The van der Waals surface area contributed by atoms with E-state index in [1.165, 1.54) is 11.1 Å². The molecular weight excluding hydrogens is 623 g/mol. The first kappa shape index (κ1) is 28.5. The number of hydrogen-bond donors (Lipinski definition) is 5. The lowest BCUT2D eigenvalue weighted by Crippen LogP contribution is -2.66. The molecule has 4 aliphatic heterocycles. The fraction of sp³-hybridized carbons (Fsp3) is 0.412. The largest absolute Gasteiger partial charge is 0.357 e. The molecule has 4 aromatic heterocycles. The number of amides is 2. The van der Waals surface area contributed by atoms with Gasteiger partial charge < -0.3 is 30.8 Å². The summed E-state index contributed by atoms with van der Waals surface area (Å²) in [6.07, 6.45) is 7.25. The number of pyridine rings is 2. The lowest BCUT2D eigenvalue weighted by atomic mass is 9.72. The third-order valence-electron chi connectivity index (χ3n) is 11.1. The van der Waals surface area contributed by atoms with Crippen LogP contribution in [-0.4, -0.2) is 82.5 Å². The van der Waals surface area contributed by atoms with Gasteiger partial charge in [-0.25, -0.2) is 9.97 Å². The molecule has 2 aliphatic carbocycles. The predicted octanol–water partition coefficient (Wildman–Crippen LogP) is 3.56. The number of nitrogens with zero attached hydrogens (tertiary/aromatic N) is 3. The van der Waals surface area contributed by atoms with E-state index < -0.39 is 0 Å². The number of H-pyrrole nitrogens is 2. The minimum Gasteiger partial charge on any atom is -0.357 e. The van der Waals surface area contributed by atoms with Crippen molar-refractivity contribution in [2.24, 2.45) is 0 Å². The monoisotopic (exact) mass is 656 g/mol. The van der Waals surface area contributed by atoms with Crippen molar-refractivity contribution in [3.63, 3.8) is 0 Å². The highest BCUT2D eigenvalue weighted by Crippen LogP contribution is 2.45. The topological polar surface area (TPSA) is 131 Å². The fourth-order valence-electron chi connectivity index (χ4n) is 8.52. The Morgan fingerprint density at radius 2 is 1.24 bits per heavy atom. The number of rotatable bonds is 1. The van der Waals surface area contributed by atoms with Crippen molar-refractivity contribution in [3.05, 3.63) is 79.6 Å². The molecule has 0 atom stereocenters. The number of likely N-dealkylation sites (N-methyl/N-ethyl adjacent to an activating group) is 1. The molecule has 46 heavy (non-hydrogen) atoms. The van der Waals surface area contributed by atoms with Crippen molar-refractivity contribution in [1.29, 1.82) is 0 Å². The lowest BCUT2D eigenvalue weighted by molar-refractivity contribution is 0.0555.